The van der Waals surface area contributed by atoms with Crippen LogP contribution >= 0.6 is 23.2 Å². The third kappa shape index (κ3) is 3.58. The fourth-order valence-corrected chi connectivity index (χ4v) is 3.11. The Kier molecular flexibility index (Phi) is 4.61. The van der Waals surface area contributed by atoms with Gasteiger partial charge in [-0.2, -0.15) is 0 Å². The smallest absolute Gasteiger partial charge is 0.262 e. The van der Waals surface area contributed by atoms with E-state index in [-0.39, 0.29) is 15.6 Å². The number of rotatable bonds is 4. The van der Waals surface area contributed by atoms with Crippen molar-refractivity contribution in [3.05, 3.63) is 52.3 Å². The van der Waals surface area contributed by atoms with Gasteiger partial charge in [0.1, 0.15) is 11.6 Å². The lowest BCUT2D eigenvalue weighted by molar-refractivity contribution is 0.417. The number of nitrogens with one attached hydrogen (secondary N) is 1. The molecule has 112 valence electrons. The lowest BCUT2D eigenvalue weighted by Crippen LogP contribution is -2.13. The molecule has 0 fully saturated rings. The van der Waals surface area contributed by atoms with E-state index < -0.39 is 15.8 Å². The third-order valence-corrected chi connectivity index (χ3v) is 4.50. The minimum Gasteiger partial charge on any atom is -0.495 e. The Morgan fingerprint density at radius 3 is 2.48 bits per heavy atom. The quantitative estimate of drug-likeness (QED) is 0.909. The minimum atomic E-state index is -3.94. The van der Waals surface area contributed by atoms with E-state index in [1.54, 1.807) is 6.07 Å². The Morgan fingerprint density at radius 1 is 1.14 bits per heavy atom. The highest BCUT2D eigenvalue weighted by molar-refractivity contribution is 7.92. The SMILES string of the molecule is COc1ccc(Cl)cc1NS(=O)(=O)c1ccc(F)c(Cl)c1. The summed E-state index contributed by atoms with van der Waals surface area (Å²) in [6.07, 6.45) is 0. The molecule has 4 nitrogen and oxygen atoms in total. The van der Waals surface area contributed by atoms with Gasteiger partial charge in [0.05, 0.1) is 22.7 Å². The van der Waals surface area contributed by atoms with Crippen LogP contribution in [0, 0.1) is 5.82 Å². The number of halogens is 3. The van der Waals surface area contributed by atoms with Crippen molar-refractivity contribution in [1.29, 1.82) is 0 Å². The van der Waals surface area contributed by atoms with Crippen LogP contribution in [-0.4, -0.2) is 15.5 Å². The molecule has 0 atom stereocenters. The van der Waals surface area contributed by atoms with Crippen molar-refractivity contribution < 1.29 is 17.5 Å². The van der Waals surface area contributed by atoms with Gasteiger partial charge in [-0.3, -0.25) is 4.72 Å². The first-order chi connectivity index (χ1) is 9.83. The molecular weight excluding hydrogens is 340 g/mol. The molecule has 8 heteroatoms. The van der Waals surface area contributed by atoms with E-state index in [4.69, 9.17) is 27.9 Å². The second-order valence-electron chi connectivity index (χ2n) is 4.03. The molecule has 2 aromatic carbocycles. The molecule has 0 heterocycles. The second-order valence-corrected chi connectivity index (χ2v) is 6.55. The van der Waals surface area contributed by atoms with E-state index in [0.717, 1.165) is 18.2 Å². The summed E-state index contributed by atoms with van der Waals surface area (Å²) in [4.78, 5) is -0.170. The Hall–Kier alpha value is -1.50. The van der Waals surface area contributed by atoms with Crippen LogP contribution in [0.25, 0.3) is 0 Å². The monoisotopic (exact) mass is 349 g/mol. The number of ether oxygens (including phenoxy) is 1. The Morgan fingerprint density at radius 2 is 1.86 bits per heavy atom. The van der Waals surface area contributed by atoms with E-state index in [9.17, 15) is 12.8 Å². The molecule has 0 aliphatic carbocycles. The molecule has 21 heavy (non-hydrogen) atoms. The van der Waals surface area contributed by atoms with Gasteiger partial charge in [0.25, 0.3) is 10.0 Å². The van der Waals surface area contributed by atoms with Gasteiger partial charge >= 0.3 is 0 Å². The Bertz CT molecular complexity index is 781. The van der Waals surface area contributed by atoms with Gasteiger partial charge in [-0.15, -0.1) is 0 Å². The van der Waals surface area contributed by atoms with Crippen molar-refractivity contribution in [2.45, 2.75) is 4.90 Å². The number of benzene rings is 2. The number of anilines is 1. The number of methoxy groups -OCH3 is 1. The number of hydrogen-bond donors (Lipinski definition) is 1. The molecule has 2 rings (SSSR count). The maximum absolute atomic E-state index is 13.1. The molecule has 0 bridgehead atoms. The molecule has 0 saturated carbocycles. The summed E-state index contributed by atoms with van der Waals surface area (Å²) in [5.41, 5.74) is 0.172. The summed E-state index contributed by atoms with van der Waals surface area (Å²) in [5, 5.41) is 0.0570. The predicted octanol–water partition coefficient (Wildman–Crippen LogP) is 3.94. The average molecular weight is 350 g/mol. The first-order valence-corrected chi connectivity index (χ1v) is 7.89. The van der Waals surface area contributed by atoms with Gasteiger partial charge < -0.3 is 4.74 Å². The molecule has 0 aliphatic rings. The highest BCUT2D eigenvalue weighted by Gasteiger charge is 2.18. The van der Waals surface area contributed by atoms with Gasteiger partial charge in [0.15, 0.2) is 0 Å². The van der Waals surface area contributed by atoms with E-state index >= 15 is 0 Å². The summed E-state index contributed by atoms with van der Waals surface area (Å²) in [7, 11) is -2.54. The van der Waals surface area contributed by atoms with Crippen LogP contribution in [0.3, 0.4) is 0 Å². The molecule has 0 aliphatic heterocycles. The first kappa shape index (κ1) is 15.9. The van der Waals surface area contributed by atoms with Crippen LogP contribution in [0.15, 0.2) is 41.3 Å². The largest absolute Gasteiger partial charge is 0.495 e. The molecule has 0 aromatic heterocycles. The van der Waals surface area contributed by atoms with Crippen molar-refractivity contribution in [2.24, 2.45) is 0 Å². The summed E-state index contributed by atoms with van der Waals surface area (Å²) in [5.74, 6) is -0.396. The van der Waals surface area contributed by atoms with Gasteiger partial charge in [0.2, 0.25) is 0 Å². The molecule has 0 amide bonds. The summed E-state index contributed by atoms with van der Waals surface area (Å²) >= 11 is 11.4. The lowest BCUT2D eigenvalue weighted by atomic mass is 10.3. The summed E-state index contributed by atoms with van der Waals surface area (Å²) in [6, 6.07) is 7.61. The highest BCUT2D eigenvalue weighted by atomic mass is 35.5. The minimum absolute atomic E-state index is 0.170. The van der Waals surface area contributed by atoms with Crippen LogP contribution < -0.4 is 9.46 Å². The third-order valence-electron chi connectivity index (χ3n) is 2.61. The molecule has 0 saturated heterocycles. The molecule has 0 unspecified atom stereocenters. The zero-order valence-corrected chi connectivity index (χ0v) is 13.1. The van der Waals surface area contributed by atoms with Crippen LogP contribution in [0.2, 0.25) is 10.0 Å². The molecule has 2 aromatic rings. The molecule has 0 spiro atoms. The zero-order valence-electron chi connectivity index (χ0n) is 10.7. The van der Waals surface area contributed by atoms with Gasteiger partial charge in [0, 0.05) is 5.02 Å². The number of sulfonamides is 1. The molecule has 0 radical (unpaired) electrons. The topological polar surface area (TPSA) is 55.4 Å². The second kappa shape index (κ2) is 6.09. The maximum atomic E-state index is 13.1. The van der Waals surface area contributed by atoms with Crippen molar-refractivity contribution in [2.75, 3.05) is 11.8 Å². The summed E-state index contributed by atoms with van der Waals surface area (Å²) in [6.45, 7) is 0. The summed E-state index contributed by atoms with van der Waals surface area (Å²) < 4.78 is 45.0. The van der Waals surface area contributed by atoms with Crippen LogP contribution in [0.5, 0.6) is 5.75 Å². The van der Waals surface area contributed by atoms with Gasteiger partial charge in [-0.25, -0.2) is 12.8 Å². The van der Waals surface area contributed by atoms with E-state index in [1.165, 1.54) is 19.2 Å². The average Bonchev–Trinajstić information content (AvgIpc) is 2.41. The van der Waals surface area contributed by atoms with E-state index in [1.807, 2.05) is 0 Å². The van der Waals surface area contributed by atoms with Gasteiger partial charge in [-0.05, 0) is 36.4 Å². The van der Waals surface area contributed by atoms with Crippen molar-refractivity contribution in [3.8, 4) is 5.75 Å². The van der Waals surface area contributed by atoms with Crippen LogP contribution in [0.1, 0.15) is 0 Å². The van der Waals surface area contributed by atoms with Gasteiger partial charge in [-0.1, -0.05) is 23.2 Å². The van der Waals surface area contributed by atoms with Crippen LogP contribution in [0.4, 0.5) is 10.1 Å². The van der Waals surface area contributed by atoms with E-state index in [2.05, 4.69) is 4.72 Å². The number of hydrogen-bond acceptors (Lipinski definition) is 3. The van der Waals surface area contributed by atoms with Crippen molar-refractivity contribution >= 4 is 38.9 Å². The molecule has 1 N–H and O–H groups in total. The Balaban J connectivity index is 2.41. The normalized spacial score (nSPS) is 11.2. The highest BCUT2D eigenvalue weighted by Crippen LogP contribution is 2.30. The van der Waals surface area contributed by atoms with Crippen molar-refractivity contribution in [1.82, 2.24) is 0 Å². The fourth-order valence-electron chi connectivity index (χ4n) is 1.61. The standard InChI is InChI=1S/C13H10Cl2FNO3S/c1-20-13-5-2-8(14)6-12(13)17-21(18,19)9-3-4-11(16)10(15)7-9/h2-7,17H,1H3. The lowest BCUT2D eigenvalue weighted by Gasteiger charge is -2.12. The van der Waals surface area contributed by atoms with Crippen LogP contribution in [-0.2, 0) is 10.0 Å². The predicted molar refractivity (Wildman–Crippen MR) is 80.2 cm³/mol. The Labute approximate surface area is 131 Å². The van der Waals surface area contributed by atoms with Crippen molar-refractivity contribution in [3.63, 3.8) is 0 Å². The van der Waals surface area contributed by atoms with E-state index in [0.29, 0.717) is 10.8 Å². The zero-order chi connectivity index (χ0) is 15.6. The first-order valence-electron chi connectivity index (χ1n) is 5.65. The maximum Gasteiger partial charge on any atom is 0.262 e. The molecular formula is C13H10Cl2FNO3S. The fraction of sp³-hybridized carbons (Fsp3) is 0.0769.